The smallest absolute Gasteiger partial charge is 0.550 e. The molecule has 19 heavy (non-hydrogen) atoms. The van der Waals surface area contributed by atoms with E-state index in [1.807, 2.05) is 12.1 Å². The van der Waals surface area contributed by atoms with Gasteiger partial charge >= 0.3 is 29.6 Å². The molecule has 1 heterocycles. The van der Waals surface area contributed by atoms with Gasteiger partial charge in [0.05, 0.1) is 5.69 Å². The Morgan fingerprint density at radius 1 is 1.32 bits per heavy atom. The predicted molar refractivity (Wildman–Crippen MR) is 70.4 cm³/mol. The molecule has 1 aromatic heterocycles. The molecule has 0 aliphatic heterocycles. The summed E-state index contributed by atoms with van der Waals surface area (Å²) in [4.78, 5) is 14.8. The minimum Gasteiger partial charge on any atom is -0.550 e. The monoisotopic (exact) mass is 283 g/mol. The summed E-state index contributed by atoms with van der Waals surface area (Å²) in [7, 11) is 0. The molecule has 0 bridgehead atoms. The fourth-order valence-corrected chi connectivity index (χ4v) is 2.51. The van der Waals surface area contributed by atoms with Crippen LogP contribution in [0.5, 0.6) is 0 Å². The zero-order chi connectivity index (χ0) is 13.1. The van der Waals surface area contributed by atoms with E-state index < -0.39 is 5.97 Å². The first-order chi connectivity index (χ1) is 8.56. The molecule has 5 heteroatoms. The summed E-state index contributed by atoms with van der Waals surface area (Å²) in [5.41, 5.74) is 2.86. The van der Waals surface area contributed by atoms with Crippen molar-refractivity contribution in [1.29, 1.82) is 0 Å². The van der Waals surface area contributed by atoms with Gasteiger partial charge < -0.3 is 9.90 Å². The van der Waals surface area contributed by atoms with Crippen LogP contribution in [0, 0.1) is 0 Å². The number of hydrogen-bond acceptors (Lipinski definition) is 4. The van der Waals surface area contributed by atoms with Crippen LogP contribution in [0.1, 0.15) is 31.0 Å². The fourth-order valence-electron chi connectivity index (χ4n) is 1.68. The van der Waals surface area contributed by atoms with E-state index >= 15 is 0 Å². The molecule has 0 atom stereocenters. The number of aliphatic carboxylic acids is 1. The molecule has 0 aliphatic rings. The first-order valence-electron chi connectivity index (χ1n) is 5.81. The molecule has 3 nitrogen and oxygen atoms in total. The first-order valence-corrected chi connectivity index (χ1v) is 6.69. The molecule has 0 fully saturated rings. The van der Waals surface area contributed by atoms with Gasteiger partial charge in [-0.3, -0.25) is 0 Å². The summed E-state index contributed by atoms with van der Waals surface area (Å²) in [6.45, 7) is 4.30. The zero-order valence-corrected chi connectivity index (χ0v) is 14.2. The van der Waals surface area contributed by atoms with Crippen LogP contribution in [-0.4, -0.2) is 11.0 Å². The summed E-state index contributed by atoms with van der Waals surface area (Å²) in [6, 6.07) is 8.22. The van der Waals surface area contributed by atoms with E-state index in [9.17, 15) is 9.90 Å². The van der Waals surface area contributed by atoms with Gasteiger partial charge in [0.1, 0.15) is 5.01 Å². The minimum atomic E-state index is -1.10. The SMILES string of the molecule is CC(C)c1ccc(-c2nc(CC(=O)[O-])cs2)cc1.[Na+]. The van der Waals surface area contributed by atoms with E-state index in [-0.39, 0.29) is 36.0 Å². The quantitative estimate of drug-likeness (QED) is 0.693. The topological polar surface area (TPSA) is 53.0 Å². The van der Waals surface area contributed by atoms with Crippen LogP contribution < -0.4 is 34.7 Å². The van der Waals surface area contributed by atoms with E-state index in [1.54, 1.807) is 5.38 Å². The molecular formula is C14H14NNaO2S. The van der Waals surface area contributed by atoms with E-state index in [2.05, 4.69) is 31.0 Å². The van der Waals surface area contributed by atoms with Crippen LogP contribution in [0.4, 0.5) is 0 Å². The molecule has 0 N–H and O–H groups in total. The van der Waals surface area contributed by atoms with Gasteiger partial charge in [0.25, 0.3) is 0 Å². The normalized spacial score (nSPS) is 10.3. The van der Waals surface area contributed by atoms with Crippen LogP contribution in [0.25, 0.3) is 10.6 Å². The van der Waals surface area contributed by atoms with Crippen LogP contribution in [0.2, 0.25) is 0 Å². The summed E-state index contributed by atoms with van der Waals surface area (Å²) in [5.74, 6) is -0.592. The van der Waals surface area contributed by atoms with Gasteiger partial charge in [-0.05, 0) is 11.5 Å². The third kappa shape index (κ3) is 4.42. The number of carbonyl (C=O) groups excluding carboxylic acids is 1. The zero-order valence-electron chi connectivity index (χ0n) is 11.3. The Kier molecular flexibility index (Phi) is 6.20. The van der Waals surface area contributed by atoms with Crippen LogP contribution in [0.3, 0.4) is 0 Å². The Hall–Kier alpha value is -0.680. The average Bonchev–Trinajstić information content (AvgIpc) is 2.76. The van der Waals surface area contributed by atoms with E-state index in [4.69, 9.17) is 0 Å². The summed E-state index contributed by atoms with van der Waals surface area (Å²) >= 11 is 1.46. The Balaban J connectivity index is 0.00000180. The molecule has 2 aromatic rings. The number of carboxylic acid groups (broad SMARTS) is 1. The number of nitrogens with zero attached hydrogens (tertiary/aromatic N) is 1. The molecule has 0 spiro atoms. The van der Waals surface area contributed by atoms with Crippen molar-refractivity contribution in [3.05, 3.63) is 40.9 Å². The van der Waals surface area contributed by atoms with Crippen molar-refractivity contribution in [2.24, 2.45) is 0 Å². The molecule has 0 unspecified atom stereocenters. The molecule has 0 radical (unpaired) electrons. The van der Waals surface area contributed by atoms with Gasteiger partial charge in [-0.1, -0.05) is 38.1 Å². The maximum absolute atomic E-state index is 10.5. The summed E-state index contributed by atoms with van der Waals surface area (Å²) in [6.07, 6.45) is -0.124. The number of carboxylic acids is 1. The largest absolute Gasteiger partial charge is 1.00 e. The van der Waals surface area contributed by atoms with Crippen molar-refractivity contribution in [2.45, 2.75) is 26.2 Å². The molecule has 0 aliphatic carbocycles. The maximum Gasteiger partial charge on any atom is 1.00 e. The Bertz CT molecular complexity index is 549. The van der Waals surface area contributed by atoms with Gasteiger partial charge in [0.2, 0.25) is 0 Å². The van der Waals surface area contributed by atoms with Crippen LogP contribution in [0.15, 0.2) is 29.6 Å². The molecule has 0 saturated carbocycles. The van der Waals surface area contributed by atoms with E-state index in [1.165, 1.54) is 16.9 Å². The molecular weight excluding hydrogens is 269 g/mol. The van der Waals surface area contributed by atoms with Crippen molar-refractivity contribution in [3.63, 3.8) is 0 Å². The molecule has 2 rings (SSSR count). The molecule has 94 valence electrons. The second-order valence-electron chi connectivity index (χ2n) is 4.47. The van der Waals surface area contributed by atoms with Gasteiger partial charge in [0.15, 0.2) is 0 Å². The third-order valence-electron chi connectivity index (χ3n) is 2.70. The van der Waals surface area contributed by atoms with E-state index in [0.717, 1.165) is 10.6 Å². The van der Waals surface area contributed by atoms with Gasteiger partial charge in [-0.15, -0.1) is 11.3 Å². The molecule has 1 aromatic carbocycles. The van der Waals surface area contributed by atoms with Crippen molar-refractivity contribution in [3.8, 4) is 10.6 Å². The number of benzene rings is 1. The Labute approximate surface area is 139 Å². The van der Waals surface area contributed by atoms with E-state index in [0.29, 0.717) is 11.6 Å². The second-order valence-corrected chi connectivity index (χ2v) is 5.33. The van der Waals surface area contributed by atoms with Gasteiger partial charge in [-0.25, -0.2) is 4.98 Å². The number of hydrogen-bond donors (Lipinski definition) is 0. The average molecular weight is 283 g/mol. The Morgan fingerprint density at radius 3 is 2.47 bits per heavy atom. The second kappa shape index (κ2) is 7.20. The fraction of sp³-hybridized carbons (Fsp3) is 0.286. The predicted octanol–water partition coefficient (Wildman–Crippen LogP) is -0.770. The standard InChI is InChI=1S/C14H15NO2S.Na/c1-9(2)10-3-5-11(6-4-10)14-15-12(8-18-14)7-13(16)17;/h3-6,8-9H,7H2,1-2H3,(H,16,17);/q;+1/p-1. The van der Waals surface area contributed by atoms with Crippen molar-refractivity contribution < 1.29 is 39.5 Å². The maximum atomic E-state index is 10.5. The van der Waals surface area contributed by atoms with Crippen molar-refractivity contribution in [2.75, 3.05) is 0 Å². The van der Waals surface area contributed by atoms with Gasteiger partial charge in [-0.2, -0.15) is 0 Å². The van der Waals surface area contributed by atoms with Crippen molar-refractivity contribution >= 4 is 17.3 Å². The molecule has 0 amide bonds. The van der Waals surface area contributed by atoms with Crippen molar-refractivity contribution in [1.82, 2.24) is 4.98 Å². The van der Waals surface area contributed by atoms with Gasteiger partial charge in [0, 0.05) is 23.3 Å². The first kappa shape index (κ1) is 16.4. The summed E-state index contributed by atoms with van der Waals surface area (Å²) in [5, 5.41) is 13.1. The number of thiazole rings is 1. The Morgan fingerprint density at radius 2 is 1.95 bits per heavy atom. The number of aromatic nitrogens is 1. The number of rotatable bonds is 4. The van der Waals surface area contributed by atoms with Crippen LogP contribution in [-0.2, 0) is 11.2 Å². The number of carbonyl (C=O) groups is 1. The summed E-state index contributed by atoms with van der Waals surface area (Å²) < 4.78 is 0. The third-order valence-corrected chi connectivity index (χ3v) is 3.64. The van der Waals surface area contributed by atoms with Crippen LogP contribution >= 0.6 is 11.3 Å². The molecule has 0 saturated heterocycles. The minimum absolute atomic E-state index is 0.